The number of rotatable bonds is 6. The van der Waals surface area contributed by atoms with E-state index in [1.54, 1.807) is 0 Å². The number of nitrogens with zero attached hydrogens (tertiary/aromatic N) is 7. The van der Waals surface area contributed by atoms with Crippen molar-refractivity contribution in [2.45, 2.75) is 0 Å². The zero-order valence-corrected chi connectivity index (χ0v) is 46.0. The third-order valence-electron chi connectivity index (χ3n) is 17.8. The minimum atomic E-state index is 0.600. The number of aromatic nitrogens is 7. The number of hydrogen-bond donors (Lipinski definition) is 0. The second-order valence-electron chi connectivity index (χ2n) is 22.4. The fourth-order valence-corrected chi connectivity index (χ4v) is 14.2. The maximum atomic E-state index is 6.74. The van der Waals surface area contributed by atoms with Crippen molar-refractivity contribution in [1.82, 2.24) is 33.6 Å². The highest BCUT2D eigenvalue weighted by Crippen LogP contribution is 2.50. The molecule has 8 nitrogen and oxygen atoms in total. The van der Waals surface area contributed by atoms with E-state index in [1.807, 2.05) is 6.07 Å². The topological polar surface area (TPSA) is 79.5 Å². The molecule has 0 atom stereocenters. The van der Waals surface area contributed by atoms with Crippen molar-refractivity contribution in [2.75, 3.05) is 0 Å². The van der Waals surface area contributed by atoms with Gasteiger partial charge in [0.15, 0.2) is 0 Å². The molecule has 0 unspecified atom stereocenters. The predicted octanol–water partition coefficient (Wildman–Crippen LogP) is 20.1. The lowest BCUT2D eigenvalue weighted by Gasteiger charge is -2.14. The first-order chi connectivity index (χ1) is 42.7. The number of furan rings is 1. The van der Waals surface area contributed by atoms with Gasteiger partial charge >= 0.3 is 0 Å². The SMILES string of the molecule is c1ccc(-c2nc(-n3c4ccccc4c4c5c6ccccc6oc5c5ccccc5c43)nc3ccc(-c4ccc5c(c4)c4c6c7ccccc7n(-c7nc(-c8ccccc8)c8ccccc8n7)c6c6ccccc6c4n5-c4ccccc4)cc23)cc1. The van der Waals surface area contributed by atoms with Crippen LogP contribution in [0.25, 0.3) is 182 Å². The second-order valence-corrected chi connectivity index (χ2v) is 22.4. The Morgan fingerprint density at radius 3 is 1.30 bits per heavy atom. The molecule has 8 heteroatoms. The van der Waals surface area contributed by atoms with Gasteiger partial charge in [-0.25, -0.2) is 19.9 Å². The Hall–Kier alpha value is -11.7. The Balaban J connectivity index is 0.881. The molecule has 6 heterocycles. The van der Waals surface area contributed by atoms with Crippen molar-refractivity contribution in [3.05, 3.63) is 273 Å². The minimum Gasteiger partial charge on any atom is -0.455 e. The van der Waals surface area contributed by atoms with Crippen molar-refractivity contribution >= 4 is 131 Å². The van der Waals surface area contributed by atoms with Gasteiger partial charge in [-0.1, -0.05) is 212 Å². The summed E-state index contributed by atoms with van der Waals surface area (Å²) in [5.41, 5.74) is 16.9. The molecule has 19 rings (SSSR count). The van der Waals surface area contributed by atoms with Gasteiger partial charge in [0.05, 0.1) is 55.5 Å². The van der Waals surface area contributed by atoms with E-state index in [9.17, 15) is 0 Å². The summed E-state index contributed by atoms with van der Waals surface area (Å²) >= 11 is 0. The number of fused-ring (bicyclic) bond motifs is 22. The van der Waals surface area contributed by atoms with Crippen LogP contribution < -0.4 is 0 Å². The molecule has 0 spiro atoms. The van der Waals surface area contributed by atoms with Gasteiger partial charge in [-0.2, -0.15) is 0 Å². The summed E-state index contributed by atoms with van der Waals surface area (Å²) in [6, 6.07) is 97.1. The monoisotopic (exact) mass is 1100 g/mol. The molecular weight excluding hydrogens is 1050 g/mol. The van der Waals surface area contributed by atoms with Crippen LogP contribution in [0.15, 0.2) is 277 Å². The largest absolute Gasteiger partial charge is 0.455 e. The van der Waals surface area contributed by atoms with Crippen LogP contribution in [0.2, 0.25) is 0 Å². The number of para-hydroxylation sites is 5. The quantitative estimate of drug-likeness (QED) is 0.166. The molecule has 0 bridgehead atoms. The van der Waals surface area contributed by atoms with E-state index in [-0.39, 0.29) is 0 Å². The molecule has 0 aliphatic carbocycles. The maximum Gasteiger partial charge on any atom is 0.235 e. The molecule has 13 aromatic carbocycles. The van der Waals surface area contributed by atoms with Crippen molar-refractivity contribution < 1.29 is 4.42 Å². The summed E-state index contributed by atoms with van der Waals surface area (Å²) in [4.78, 5) is 22.2. The lowest BCUT2D eigenvalue weighted by molar-refractivity contribution is 0.673. The van der Waals surface area contributed by atoms with Gasteiger partial charge in [0.25, 0.3) is 0 Å². The Morgan fingerprint density at radius 1 is 0.256 bits per heavy atom. The average molecular weight is 1100 g/mol. The molecule has 0 amide bonds. The highest BCUT2D eigenvalue weighted by Gasteiger charge is 2.28. The fraction of sp³-hybridized carbons (Fsp3) is 0. The van der Waals surface area contributed by atoms with Crippen LogP contribution in [0.1, 0.15) is 0 Å². The number of hydrogen-bond acceptors (Lipinski definition) is 5. The smallest absolute Gasteiger partial charge is 0.235 e. The summed E-state index contributed by atoms with van der Waals surface area (Å²) in [6.45, 7) is 0. The summed E-state index contributed by atoms with van der Waals surface area (Å²) < 4.78 is 13.8. The molecule has 0 aliphatic heterocycles. The standard InChI is InChI=1S/C78H45N7O/c1-4-22-46(23-5-1)71-55-32-14-18-36-61(55)79-77(81-71)84-63-37-19-15-33-56(63)67-69-60-45-49(41-43-65(60)83(50-26-8-3-9-27-50)73(69)51-28-10-11-29-52(51)74(67)84)48-40-42-62-59(44-48)72(47-24-6-2-7-25-47)82-78(80-62)85-64-38-20-16-34-57(64)68-70-58-35-17-21-39-66(58)86-76(70)54-31-13-12-30-53(54)75(68)85/h1-45H. The third-order valence-corrected chi connectivity index (χ3v) is 17.8. The lowest BCUT2D eigenvalue weighted by Crippen LogP contribution is -2.04. The zero-order chi connectivity index (χ0) is 56.1. The van der Waals surface area contributed by atoms with Crippen LogP contribution in [0, 0.1) is 0 Å². The van der Waals surface area contributed by atoms with E-state index < -0.39 is 0 Å². The minimum absolute atomic E-state index is 0.600. The van der Waals surface area contributed by atoms with Gasteiger partial charge in [-0.05, 0) is 71.8 Å². The molecule has 0 aliphatic rings. The molecule has 0 saturated heterocycles. The Labute approximate surface area is 490 Å². The van der Waals surface area contributed by atoms with Crippen LogP contribution >= 0.6 is 0 Å². The Bertz CT molecular complexity index is 6080. The van der Waals surface area contributed by atoms with E-state index in [2.05, 4.69) is 281 Å². The first kappa shape index (κ1) is 46.8. The normalized spacial score (nSPS) is 12.2. The van der Waals surface area contributed by atoms with Gasteiger partial charge < -0.3 is 8.98 Å². The molecule has 0 radical (unpaired) electrons. The summed E-state index contributed by atoms with van der Waals surface area (Å²) in [6.07, 6.45) is 0. The molecule has 0 saturated carbocycles. The van der Waals surface area contributed by atoms with Crippen LogP contribution in [-0.4, -0.2) is 33.6 Å². The highest BCUT2D eigenvalue weighted by molar-refractivity contribution is 6.38. The van der Waals surface area contributed by atoms with Gasteiger partial charge in [0.2, 0.25) is 11.9 Å². The van der Waals surface area contributed by atoms with Crippen LogP contribution in [0.3, 0.4) is 0 Å². The number of benzene rings is 13. The van der Waals surface area contributed by atoms with E-state index in [4.69, 9.17) is 24.4 Å². The van der Waals surface area contributed by atoms with Gasteiger partial charge in [0.1, 0.15) is 11.2 Å². The van der Waals surface area contributed by atoms with Crippen LogP contribution in [0.4, 0.5) is 0 Å². The van der Waals surface area contributed by atoms with E-state index in [1.165, 1.54) is 0 Å². The first-order valence-electron chi connectivity index (χ1n) is 29.1. The van der Waals surface area contributed by atoms with Crippen molar-refractivity contribution in [2.24, 2.45) is 0 Å². The average Bonchev–Trinajstić information content (AvgIpc) is 1.56. The van der Waals surface area contributed by atoms with Crippen molar-refractivity contribution in [1.29, 1.82) is 0 Å². The van der Waals surface area contributed by atoms with Gasteiger partial charge in [-0.3, -0.25) is 9.13 Å². The molecule has 398 valence electrons. The Kier molecular flexibility index (Phi) is 9.74. The molecule has 86 heavy (non-hydrogen) atoms. The van der Waals surface area contributed by atoms with E-state index in [0.29, 0.717) is 11.9 Å². The van der Waals surface area contributed by atoms with E-state index in [0.717, 1.165) is 170 Å². The van der Waals surface area contributed by atoms with Crippen molar-refractivity contribution in [3.8, 4) is 51.2 Å². The van der Waals surface area contributed by atoms with Crippen molar-refractivity contribution in [3.63, 3.8) is 0 Å². The maximum absolute atomic E-state index is 6.74. The lowest BCUT2D eigenvalue weighted by atomic mass is 9.96. The van der Waals surface area contributed by atoms with Gasteiger partial charge in [-0.15, -0.1) is 0 Å². The second kappa shape index (κ2) is 17.9. The zero-order valence-electron chi connectivity index (χ0n) is 46.0. The summed E-state index contributed by atoms with van der Waals surface area (Å²) in [5.74, 6) is 1.22. The molecule has 6 aromatic heterocycles. The summed E-state index contributed by atoms with van der Waals surface area (Å²) in [5, 5.41) is 15.3. The fourth-order valence-electron chi connectivity index (χ4n) is 14.2. The van der Waals surface area contributed by atoms with Gasteiger partial charge in [0, 0.05) is 92.2 Å². The molecule has 0 fully saturated rings. The van der Waals surface area contributed by atoms with E-state index >= 15 is 0 Å². The molecule has 0 N–H and O–H groups in total. The first-order valence-corrected chi connectivity index (χ1v) is 29.1. The summed E-state index contributed by atoms with van der Waals surface area (Å²) in [7, 11) is 0. The molecule has 19 aromatic rings. The third kappa shape index (κ3) is 6.57. The molecular formula is C78H45N7O. The van der Waals surface area contributed by atoms with Crippen LogP contribution in [-0.2, 0) is 0 Å². The van der Waals surface area contributed by atoms with Crippen LogP contribution in [0.5, 0.6) is 0 Å². The predicted molar refractivity (Wildman–Crippen MR) is 354 cm³/mol. The highest BCUT2D eigenvalue weighted by atomic mass is 16.3. The Morgan fingerprint density at radius 2 is 0.674 bits per heavy atom.